The molecule has 0 radical (unpaired) electrons. The molecule has 138 valence electrons. The smallest absolute Gasteiger partial charge is 0.191 e. The highest BCUT2D eigenvalue weighted by Gasteiger charge is 2.06. The molecule has 1 aliphatic rings. The van der Waals surface area contributed by atoms with E-state index in [1.54, 1.807) is 0 Å². The van der Waals surface area contributed by atoms with Gasteiger partial charge in [-0.2, -0.15) is 0 Å². The number of hydrogen-bond acceptors (Lipinski definition) is 3. The van der Waals surface area contributed by atoms with Crippen LogP contribution in [0.25, 0.3) is 0 Å². The van der Waals surface area contributed by atoms with Crippen LogP contribution in [0.1, 0.15) is 32.3 Å². The molecule has 5 heteroatoms. The molecule has 0 amide bonds. The highest BCUT2D eigenvalue weighted by Crippen LogP contribution is 2.17. The van der Waals surface area contributed by atoms with Crippen molar-refractivity contribution in [3.8, 4) is 0 Å². The number of nitrogens with one attached hydrogen (secondary N) is 2. The standard InChI is InChI=1S/C20H32N4O/c1-3-21-20(22-13-5-8-16-25-4-2)23-17-18-9-11-19(12-10-18)24-14-6-7-15-24/h6-7,9-12H,3-5,8,13-17H2,1-2H3,(H2,21,22,23). The van der Waals surface area contributed by atoms with E-state index in [1.807, 2.05) is 6.92 Å². The summed E-state index contributed by atoms with van der Waals surface area (Å²) in [6.45, 7) is 10.2. The van der Waals surface area contributed by atoms with Crippen LogP contribution in [-0.4, -0.2) is 45.4 Å². The van der Waals surface area contributed by atoms with Gasteiger partial charge < -0.3 is 20.3 Å². The number of hydrogen-bond donors (Lipinski definition) is 2. The minimum absolute atomic E-state index is 0.687. The Hall–Kier alpha value is -2.01. The fraction of sp³-hybridized carbons (Fsp3) is 0.550. The van der Waals surface area contributed by atoms with Crippen LogP contribution < -0.4 is 15.5 Å². The molecular weight excluding hydrogens is 312 g/mol. The maximum absolute atomic E-state index is 5.36. The Kier molecular flexibility index (Phi) is 8.91. The van der Waals surface area contributed by atoms with Crippen molar-refractivity contribution in [2.45, 2.75) is 33.2 Å². The van der Waals surface area contributed by atoms with Crippen molar-refractivity contribution in [3.63, 3.8) is 0 Å². The predicted octanol–water partition coefficient (Wildman–Crippen LogP) is 2.93. The van der Waals surface area contributed by atoms with Gasteiger partial charge in [0.2, 0.25) is 0 Å². The van der Waals surface area contributed by atoms with Crippen molar-refractivity contribution < 1.29 is 4.74 Å². The second kappa shape index (κ2) is 11.5. The quantitative estimate of drug-likeness (QED) is 0.297. The van der Waals surface area contributed by atoms with Gasteiger partial charge in [-0.3, -0.25) is 0 Å². The normalized spacial score (nSPS) is 14.2. The third kappa shape index (κ3) is 7.18. The summed E-state index contributed by atoms with van der Waals surface area (Å²) in [7, 11) is 0. The second-order valence-corrected chi connectivity index (χ2v) is 6.07. The molecule has 1 aromatic carbocycles. The fourth-order valence-corrected chi connectivity index (χ4v) is 2.69. The zero-order chi connectivity index (χ0) is 17.7. The molecule has 0 fully saturated rings. The average molecular weight is 345 g/mol. The largest absolute Gasteiger partial charge is 0.382 e. The molecule has 0 saturated heterocycles. The Morgan fingerprint density at radius 3 is 2.52 bits per heavy atom. The van der Waals surface area contributed by atoms with Crippen molar-refractivity contribution in [2.24, 2.45) is 4.99 Å². The van der Waals surface area contributed by atoms with E-state index < -0.39 is 0 Å². The maximum atomic E-state index is 5.36. The minimum atomic E-state index is 0.687. The van der Waals surface area contributed by atoms with Gasteiger partial charge in [-0.25, -0.2) is 4.99 Å². The first kappa shape index (κ1) is 19.3. The van der Waals surface area contributed by atoms with Gasteiger partial charge in [-0.05, 0) is 44.4 Å². The van der Waals surface area contributed by atoms with E-state index in [0.717, 1.165) is 58.2 Å². The lowest BCUT2D eigenvalue weighted by atomic mass is 10.2. The molecule has 0 aliphatic carbocycles. The molecule has 1 aromatic rings. The first-order valence-electron chi connectivity index (χ1n) is 9.42. The molecule has 1 aliphatic heterocycles. The van der Waals surface area contributed by atoms with Crippen molar-refractivity contribution in [2.75, 3.05) is 44.3 Å². The zero-order valence-electron chi connectivity index (χ0n) is 15.6. The van der Waals surface area contributed by atoms with Gasteiger partial charge >= 0.3 is 0 Å². The van der Waals surface area contributed by atoms with Gasteiger partial charge in [0.25, 0.3) is 0 Å². The number of nitrogens with zero attached hydrogens (tertiary/aromatic N) is 2. The third-order valence-electron chi connectivity index (χ3n) is 4.10. The van der Waals surface area contributed by atoms with Gasteiger partial charge in [0.1, 0.15) is 0 Å². The summed E-state index contributed by atoms with van der Waals surface area (Å²) in [4.78, 5) is 7.03. The first-order valence-corrected chi connectivity index (χ1v) is 9.42. The van der Waals surface area contributed by atoms with E-state index in [0.29, 0.717) is 6.54 Å². The number of rotatable bonds is 10. The van der Waals surface area contributed by atoms with E-state index >= 15 is 0 Å². The third-order valence-corrected chi connectivity index (χ3v) is 4.10. The summed E-state index contributed by atoms with van der Waals surface area (Å²) in [5.74, 6) is 0.881. The van der Waals surface area contributed by atoms with Crippen molar-refractivity contribution in [1.82, 2.24) is 10.6 Å². The number of ether oxygens (including phenoxy) is 1. The van der Waals surface area contributed by atoms with E-state index in [-0.39, 0.29) is 0 Å². The van der Waals surface area contributed by atoms with Crippen molar-refractivity contribution in [1.29, 1.82) is 0 Å². The average Bonchev–Trinajstić information content (AvgIpc) is 3.17. The minimum Gasteiger partial charge on any atom is -0.382 e. The molecule has 25 heavy (non-hydrogen) atoms. The van der Waals surface area contributed by atoms with Crippen LogP contribution in [0.5, 0.6) is 0 Å². The monoisotopic (exact) mass is 344 g/mol. The van der Waals surface area contributed by atoms with Crippen LogP contribution >= 0.6 is 0 Å². The summed E-state index contributed by atoms with van der Waals surface area (Å²) in [5.41, 5.74) is 2.50. The Morgan fingerprint density at radius 1 is 1.08 bits per heavy atom. The van der Waals surface area contributed by atoms with Crippen LogP contribution in [0.2, 0.25) is 0 Å². The van der Waals surface area contributed by atoms with Gasteiger partial charge in [0.15, 0.2) is 5.96 Å². The lowest BCUT2D eigenvalue weighted by molar-refractivity contribution is 0.143. The number of unbranched alkanes of at least 4 members (excludes halogenated alkanes) is 1. The van der Waals surface area contributed by atoms with E-state index in [4.69, 9.17) is 4.74 Å². The number of benzene rings is 1. The topological polar surface area (TPSA) is 48.9 Å². The van der Waals surface area contributed by atoms with Gasteiger partial charge in [0, 0.05) is 45.1 Å². The Balaban J connectivity index is 1.77. The van der Waals surface area contributed by atoms with Crippen molar-refractivity contribution in [3.05, 3.63) is 42.0 Å². The number of anilines is 1. The van der Waals surface area contributed by atoms with E-state index in [9.17, 15) is 0 Å². The van der Waals surface area contributed by atoms with Crippen LogP contribution in [0.4, 0.5) is 5.69 Å². The van der Waals surface area contributed by atoms with E-state index in [2.05, 4.69) is 63.9 Å². The lowest BCUT2D eigenvalue weighted by Crippen LogP contribution is -2.37. The maximum Gasteiger partial charge on any atom is 0.191 e. The number of guanidine groups is 1. The van der Waals surface area contributed by atoms with Crippen LogP contribution in [0.3, 0.4) is 0 Å². The molecule has 0 bridgehead atoms. The molecule has 0 saturated carbocycles. The molecule has 5 nitrogen and oxygen atoms in total. The summed E-state index contributed by atoms with van der Waals surface area (Å²) in [6, 6.07) is 8.71. The molecule has 0 aromatic heterocycles. The summed E-state index contributed by atoms with van der Waals surface area (Å²) < 4.78 is 5.36. The van der Waals surface area contributed by atoms with Crippen LogP contribution in [0, 0.1) is 0 Å². The van der Waals surface area contributed by atoms with Gasteiger partial charge in [-0.15, -0.1) is 0 Å². The van der Waals surface area contributed by atoms with Crippen LogP contribution in [-0.2, 0) is 11.3 Å². The Labute approximate surface area is 152 Å². The lowest BCUT2D eigenvalue weighted by Gasteiger charge is -2.17. The molecule has 0 spiro atoms. The molecular formula is C20H32N4O. The second-order valence-electron chi connectivity index (χ2n) is 6.07. The summed E-state index contributed by atoms with van der Waals surface area (Å²) in [6.07, 6.45) is 6.58. The molecule has 2 rings (SSSR count). The SMILES string of the molecule is CCNC(=NCc1ccc(N2CC=CC2)cc1)NCCCCOCC. The molecule has 2 N–H and O–H groups in total. The number of aliphatic imine (C=N–C) groups is 1. The van der Waals surface area contributed by atoms with Crippen LogP contribution in [0.15, 0.2) is 41.4 Å². The fourth-order valence-electron chi connectivity index (χ4n) is 2.69. The predicted molar refractivity (Wildman–Crippen MR) is 106 cm³/mol. The molecule has 0 atom stereocenters. The Morgan fingerprint density at radius 2 is 1.84 bits per heavy atom. The summed E-state index contributed by atoms with van der Waals surface area (Å²) >= 11 is 0. The Bertz CT molecular complexity index is 531. The highest BCUT2D eigenvalue weighted by molar-refractivity contribution is 5.79. The van der Waals surface area contributed by atoms with E-state index in [1.165, 1.54) is 11.3 Å². The highest BCUT2D eigenvalue weighted by atomic mass is 16.5. The van der Waals surface area contributed by atoms with Gasteiger partial charge in [-0.1, -0.05) is 24.3 Å². The molecule has 1 heterocycles. The zero-order valence-corrected chi connectivity index (χ0v) is 15.6. The van der Waals surface area contributed by atoms with Crippen molar-refractivity contribution >= 4 is 11.6 Å². The first-order chi connectivity index (χ1) is 12.3. The van der Waals surface area contributed by atoms with Gasteiger partial charge in [0.05, 0.1) is 6.54 Å². The summed E-state index contributed by atoms with van der Waals surface area (Å²) in [5, 5.41) is 6.69. The molecule has 0 unspecified atom stereocenters.